The number of benzene rings is 1. The van der Waals surface area contributed by atoms with Gasteiger partial charge in [0.15, 0.2) is 17.3 Å². The molecule has 23 heavy (non-hydrogen) atoms. The molecule has 0 unspecified atom stereocenters. The van der Waals surface area contributed by atoms with Crippen molar-refractivity contribution in [2.24, 2.45) is 0 Å². The van der Waals surface area contributed by atoms with Crippen molar-refractivity contribution < 1.29 is 18.6 Å². The second kappa shape index (κ2) is 6.51. The third-order valence-electron chi connectivity index (χ3n) is 3.10. The molecule has 1 aromatic carbocycles. The van der Waals surface area contributed by atoms with Crippen LogP contribution in [0.4, 0.5) is 8.78 Å². The van der Waals surface area contributed by atoms with E-state index in [1.807, 2.05) is 0 Å². The average molecular weight is 337 g/mol. The van der Waals surface area contributed by atoms with E-state index < -0.39 is 11.6 Å². The van der Waals surface area contributed by atoms with Crippen LogP contribution in [-0.4, -0.2) is 26.8 Å². The topological polar surface area (TPSA) is 59.7 Å². The van der Waals surface area contributed by atoms with Crippen LogP contribution in [0, 0.1) is 11.6 Å². The van der Waals surface area contributed by atoms with Crippen molar-refractivity contribution in [3.63, 3.8) is 0 Å². The highest BCUT2D eigenvalue weighted by molar-refractivity contribution is 7.98. The van der Waals surface area contributed by atoms with Crippen LogP contribution < -0.4 is 0 Å². The predicted molar refractivity (Wildman–Crippen MR) is 81.3 cm³/mol. The van der Waals surface area contributed by atoms with E-state index in [2.05, 4.69) is 10.1 Å². The Hall–Kier alpha value is -2.19. The van der Waals surface area contributed by atoms with Crippen molar-refractivity contribution in [2.45, 2.75) is 17.3 Å². The van der Waals surface area contributed by atoms with Crippen LogP contribution in [0.5, 0.6) is 5.88 Å². The SMILES string of the molecule is COCc1cc2nc(CSc3cccc(F)c3F)cc(O)n2n1. The van der Waals surface area contributed by atoms with E-state index in [-0.39, 0.29) is 16.5 Å². The molecule has 0 fully saturated rings. The highest BCUT2D eigenvalue weighted by Crippen LogP contribution is 2.27. The molecule has 1 N–H and O–H groups in total. The number of thioether (sulfide) groups is 1. The Morgan fingerprint density at radius 1 is 1.26 bits per heavy atom. The second-order valence-corrected chi connectivity index (χ2v) is 5.80. The largest absolute Gasteiger partial charge is 0.493 e. The fraction of sp³-hybridized carbons (Fsp3) is 0.200. The van der Waals surface area contributed by atoms with Crippen molar-refractivity contribution in [1.82, 2.24) is 14.6 Å². The summed E-state index contributed by atoms with van der Waals surface area (Å²) in [5, 5.41) is 14.2. The maximum atomic E-state index is 13.6. The molecule has 0 amide bonds. The van der Waals surface area contributed by atoms with Gasteiger partial charge in [-0.15, -0.1) is 11.8 Å². The minimum atomic E-state index is -0.888. The Morgan fingerprint density at radius 2 is 2.09 bits per heavy atom. The van der Waals surface area contributed by atoms with Crippen molar-refractivity contribution in [2.75, 3.05) is 7.11 Å². The summed E-state index contributed by atoms with van der Waals surface area (Å²) in [7, 11) is 1.55. The lowest BCUT2D eigenvalue weighted by Crippen LogP contribution is -1.96. The molecule has 0 saturated carbocycles. The molecule has 2 heterocycles. The molecule has 0 radical (unpaired) electrons. The van der Waals surface area contributed by atoms with Crippen molar-refractivity contribution in [1.29, 1.82) is 0 Å². The number of hydrogen-bond donors (Lipinski definition) is 1. The Bertz CT molecular complexity index is 854. The van der Waals surface area contributed by atoms with Gasteiger partial charge in [-0.05, 0) is 12.1 Å². The van der Waals surface area contributed by atoms with E-state index in [9.17, 15) is 13.9 Å². The summed E-state index contributed by atoms with van der Waals surface area (Å²) >= 11 is 1.11. The molecule has 120 valence electrons. The van der Waals surface area contributed by atoms with E-state index in [0.717, 1.165) is 17.8 Å². The first-order chi connectivity index (χ1) is 11.1. The van der Waals surface area contributed by atoms with Crippen LogP contribution in [0.2, 0.25) is 0 Å². The predicted octanol–water partition coefficient (Wildman–Crippen LogP) is 3.15. The maximum Gasteiger partial charge on any atom is 0.215 e. The third kappa shape index (κ3) is 3.27. The monoisotopic (exact) mass is 337 g/mol. The summed E-state index contributed by atoms with van der Waals surface area (Å²) in [4.78, 5) is 4.55. The summed E-state index contributed by atoms with van der Waals surface area (Å²) in [6, 6.07) is 7.15. The van der Waals surface area contributed by atoms with Crippen molar-refractivity contribution in [3.8, 4) is 5.88 Å². The number of rotatable bonds is 5. The van der Waals surface area contributed by atoms with Gasteiger partial charge in [-0.1, -0.05) is 6.07 Å². The first-order valence-corrected chi connectivity index (χ1v) is 7.70. The third-order valence-corrected chi connectivity index (χ3v) is 4.16. The molecule has 3 rings (SSSR count). The lowest BCUT2D eigenvalue weighted by molar-refractivity contribution is 0.181. The summed E-state index contributed by atoms with van der Waals surface area (Å²) in [6.07, 6.45) is 0. The molecule has 0 aliphatic rings. The van der Waals surface area contributed by atoms with Crippen LogP contribution in [0.3, 0.4) is 0 Å². The number of fused-ring (bicyclic) bond motifs is 1. The van der Waals surface area contributed by atoms with Gasteiger partial charge in [0.2, 0.25) is 5.88 Å². The van der Waals surface area contributed by atoms with Crippen LogP contribution >= 0.6 is 11.8 Å². The number of hydrogen-bond acceptors (Lipinski definition) is 5. The Balaban J connectivity index is 1.84. The van der Waals surface area contributed by atoms with Gasteiger partial charge in [-0.3, -0.25) is 0 Å². The zero-order chi connectivity index (χ0) is 16.4. The molecule has 0 atom stereocenters. The van der Waals surface area contributed by atoms with Crippen molar-refractivity contribution >= 4 is 17.4 Å². The number of halogens is 2. The first-order valence-electron chi connectivity index (χ1n) is 6.72. The summed E-state index contributed by atoms with van der Waals surface area (Å²) in [5.74, 6) is -1.56. The Labute approximate surface area is 134 Å². The second-order valence-electron chi connectivity index (χ2n) is 4.78. The highest BCUT2D eigenvalue weighted by atomic mass is 32.2. The van der Waals surface area contributed by atoms with E-state index in [4.69, 9.17) is 4.74 Å². The number of methoxy groups -OCH3 is 1. The minimum Gasteiger partial charge on any atom is -0.493 e. The minimum absolute atomic E-state index is 0.0762. The van der Waals surface area contributed by atoms with E-state index in [1.165, 1.54) is 22.7 Å². The molecule has 8 heteroatoms. The molecule has 0 saturated heterocycles. The fourth-order valence-corrected chi connectivity index (χ4v) is 2.95. The number of aromatic nitrogens is 3. The van der Waals surface area contributed by atoms with Gasteiger partial charge in [-0.2, -0.15) is 9.61 Å². The fourth-order valence-electron chi connectivity index (χ4n) is 2.10. The van der Waals surface area contributed by atoms with Crippen LogP contribution in [0.25, 0.3) is 5.65 Å². The van der Waals surface area contributed by atoms with Crippen LogP contribution in [0.15, 0.2) is 35.2 Å². The molecule has 0 aliphatic heterocycles. The Kier molecular flexibility index (Phi) is 4.44. The van der Waals surface area contributed by atoms with Gasteiger partial charge in [0.25, 0.3) is 0 Å². The van der Waals surface area contributed by atoms with Gasteiger partial charge in [-0.25, -0.2) is 13.8 Å². The molecule has 3 aromatic rings. The van der Waals surface area contributed by atoms with E-state index >= 15 is 0 Å². The molecule has 0 bridgehead atoms. The summed E-state index contributed by atoms with van der Waals surface area (Å²) < 4.78 is 33.1. The molecule has 0 aliphatic carbocycles. The zero-order valence-electron chi connectivity index (χ0n) is 12.2. The van der Waals surface area contributed by atoms with Gasteiger partial charge in [0.1, 0.15) is 0 Å². The first kappa shape index (κ1) is 15.7. The van der Waals surface area contributed by atoms with Gasteiger partial charge >= 0.3 is 0 Å². The normalized spacial score (nSPS) is 11.3. The van der Waals surface area contributed by atoms with E-state index in [0.29, 0.717) is 23.6 Å². The quantitative estimate of drug-likeness (QED) is 0.725. The average Bonchev–Trinajstić information content (AvgIpc) is 2.92. The van der Waals surface area contributed by atoms with Crippen LogP contribution in [0.1, 0.15) is 11.4 Å². The molecule has 5 nitrogen and oxygen atoms in total. The van der Waals surface area contributed by atoms with Crippen molar-refractivity contribution in [3.05, 3.63) is 53.4 Å². The van der Waals surface area contributed by atoms with Gasteiger partial charge < -0.3 is 9.84 Å². The summed E-state index contributed by atoms with van der Waals surface area (Å²) in [6.45, 7) is 0.307. The summed E-state index contributed by atoms with van der Waals surface area (Å²) in [5.41, 5.74) is 1.64. The number of aromatic hydroxyl groups is 1. The standard InChI is InChI=1S/C15H13F2N3O2S/c1-22-7-9-5-13-18-10(6-14(21)20(13)19-9)8-23-12-4-2-3-11(16)15(12)17/h2-6,21H,7-8H2,1H3. The van der Waals surface area contributed by atoms with Crippen LogP contribution in [-0.2, 0) is 17.1 Å². The molecule has 0 spiro atoms. The van der Waals surface area contributed by atoms with E-state index in [1.54, 1.807) is 13.2 Å². The molecular weight excluding hydrogens is 324 g/mol. The highest BCUT2D eigenvalue weighted by Gasteiger charge is 2.12. The number of ether oxygens (including phenoxy) is 1. The lowest BCUT2D eigenvalue weighted by atomic mass is 10.3. The zero-order valence-corrected chi connectivity index (χ0v) is 13.0. The maximum absolute atomic E-state index is 13.6. The Morgan fingerprint density at radius 3 is 2.87 bits per heavy atom. The van der Waals surface area contributed by atoms with Gasteiger partial charge in [0, 0.05) is 29.9 Å². The lowest BCUT2D eigenvalue weighted by Gasteiger charge is -2.05. The molecule has 2 aromatic heterocycles. The van der Waals surface area contributed by atoms with Gasteiger partial charge in [0.05, 0.1) is 18.0 Å². The molecular formula is C15H13F2N3O2S. The smallest absolute Gasteiger partial charge is 0.215 e. The number of nitrogens with zero attached hydrogens (tertiary/aromatic N) is 3.